The molecular formula is C28H20Li2Si. The Labute approximate surface area is 203 Å². The SMILES string of the molecule is [Li][C]1=C(c2ccccc2)C(c2ccccc2)=C(c2ccccc2)[Si]1([Li])c1ccccc1. The van der Waals surface area contributed by atoms with Gasteiger partial charge in [0.1, 0.15) is 0 Å². The predicted octanol–water partition coefficient (Wildman–Crippen LogP) is 5.29. The van der Waals surface area contributed by atoms with Gasteiger partial charge in [0.25, 0.3) is 0 Å². The fourth-order valence-corrected chi connectivity index (χ4v) is 9.27. The Morgan fingerprint density at radius 3 is 1.32 bits per heavy atom. The van der Waals surface area contributed by atoms with Gasteiger partial charge in [-0.1, -0.05) is 0 Å². The van der Waals surface area contributed by atoms with Crippen molar-refractivity contribution in [3.8, 4) is 0 Å². The van der Waals surface area contributed by atoms with Gasteiger partial charge in [0, 0.05) is 0 Å². The van der Waals surface area contributed by atoms with E-state index in [1.54, 1.807) is 0 Å². The predicted molar refractivity (Wildman–Crippen MR) is 136 cm³/mol. The Morgan fingerprint density at radius 1 is 0.452 bits per heavy atom. The van der Waals surface area contributed by atoms with E-state index in [-0.39, 0.29) is 0 Å². The van der Waals surface area contributed by atoms with E-state index in [0.29, 0.717) is 0 Å². The van der Waals surface area contributed by atoms with Crippen molar-refractivity contribution in [3.63, 3.8) is 0 Å². The van der Waals surface area contributed by atoms with Gasteiger partial charge in [0.05, 0.1) is 0 Å². The molecule has 0 radical (unpaired) electrons. The fraction of sp³-hybridized carbons (Fsp3) is 0. The molecule has 1 heterocycles. The van der Waals surface area contributed by atoms with E-state index in [1.165, 1.54) is 42.1 Å². The average molecular weight is 398 g/mol. The van der Waals surface area contributed by atoms with E-state index in [4.69, 9.17) is 0 Å². The molecular weight excluding hydrogens is 378 g/mol. The maximum absolute atomic E-state index is 2.53. The van der Waals surface area contributed by atoms with Crippen LogP contribution in [0, 0.1) is 0 Å². The first kappa shape index (κ1) is 20.7. The van der Waals surface area contributed by atoms with E-state index >= 15 is 0 Å². The molecule has 0 aliphatic carbocycles. The zero-order chi connectivity index (χ0) is 21.3. The third-order valence-electron chi connectivity index (χ3n) is 6.66. The van der Waals surface area contributed by atoms with Crippen molar-refractivity contribution in [2.24, 2.45) is 0 Å². The molecule has 0 nitrogen and oxygen atoms in total. The zero-order valence-corrected chi connectivity index (χ0v) is 19.0. The van der Waals surface area contributed by atoms with Crippen LogP contribution >= 0.6 is 0 Å². The van der Waals surface area contributed by atoms with Crippen LogP contribution < -0.4 is 5.19 Å². The van der Waals surface area contributed by atoms with Gasteiger partial charge in [0.2, 0.25) is 0 Å². The third-order valence-corrected chi connectivity index (χ3v) is 11.4. The van der Waals surface area contributed by atoms with Crippen molar-refractivity contribution >= 4 is 62.7 Å². The molecule has 3 heteroatoms. The third kappa shape index (κ3) is 3.58. The molecule has 0 fully saturated rings. The Balaban J connectivity index is 1.92. The topological polar surface area (TPSA) is 0 Å². The number of benzene rings is 4. The van der Waals surface area contributed by atoms with E-state index in [0.717, 1.165) is 0 Å². The average Bonchev–Trinajstić information content (AvgIpc) is 3.09. The molecule has 31 heavy (non-hydrogen) atoms. The second-order valence-corrected chi connectivity index (χ2v) is 12.4. The molecule has 0 spiro atoms. The number of hydrogen-bond donors (Lipinski definition) is 0. The van der Waals surface area contributed by atoms with Gasteiger partial charge in [-0.25, -0.2) is 0 Å². The molecule has 138 valence electrons. The summed E-state index contributed by atoms with van der Waals surface area (Å²) in [6.45, 7) is 0. The van der Waals surface area contributed by atoms with E-state index < -0.39 is 6.40 Å². The Bertz CT molecular complexity index is 1260. The molecule has 0 amide bonds. The number of rotatable bonds is 4. The molecule has 1 unspecified atom stereocenters. The first-order valence-corrected chi connectivity index (χ1v) is 13.4. The molecule has 0 aromatic heterocycles. The minimum absolute atomic E-state index is 1.30. The van der Waals surface area contributed by atoms with Crippen molar-refractivity contribution in [3.05, 3.63) is 142 Å². The van der Waals surface area contributed by atoms with Crippen LogP contribution in [0.1, 0.15) is 16.7 Å². The van der Waals surface area contributed by atoms with E-state index in [2.05, 4.69) is 156 Å². The molecule has 4 aromatic rings. The van der Waals surface area contributed by atoms with Gasteiger partial charge in [-0.05, 0) is 0 Å². The van der Waals surface area contributed by atoms with Gasteiger partial charge in [-0.3, -0.25) is 0 Å². The normalized spacial score (nSPS) is 18.6. The van der Waals surface area contributed by atoms with Gasteiger partial charge in [0.15, 0.2) is 0 Å². The van der Waals surface area contributed by atoms with Gasteiger partial charge < -0.3 is 0 Å². The minimum atomic E-state index is -2.17. The molecule has 0 saturated carbocycles. The van der Waals surface area contributed by atoms with Gasteiger partial charge >= 0.3 is 205 Å². The molecule has 1 aliphatic rings. The van der Waals surface area contributed by atoms with Crippen LogP contribution in [0.2, 0.25) is 0 Å². The summed E-state index contributed by atoms with van der Waals surface area (Å²) in [6.07, 6.45) is -2.17. The summed E-state index contributed by atoms with van der Waals surface area (Å²) in [5, 5.41) is 2.98. The van der Waals surface area contributed by atoms with Crippen LogP contribution in [0.25, 0.3) is 16.3 Å². The molecule has 1 aliphatic heterocycles. The Hall–Kier alpha value is -2.23. The van der Waals surface area contributed by atoms with Crippen LogP contribution in [0.4, 0.5) is 0 Å². The van der Waals surface area contributed by atoms with Crippen molar-refractivity contribution in [2.45, 2.75) is 0 Å². The quantitative estimate of drug-likeness (QED) is 0.410. The van der Waals surface area contributed by atoms with Crippen LogP contribution in [0.3, 0.4) is 0 Å². The zero-order valence-electron chi connectivity index (χ0n) is 18.0. The van der Waals surface area contributed by atoms with E-state index in [1.807, 2.05) is 0 Å². The molecule has 0 N–H and O–H groups in total. The van der Waals surface area contributed by atoms with Crippen molar-refractivity contribution in [1.82, 2.24) is 0 Å². The summed E-state index contributed by atoms with van der Waals surface area (Å²) < 4.78 is 1.53. The van der Waals surface area contributed by atoms with E-state index in [9.17, 15) is 0 Å². The van der Waals surface area contributed by atoms with Crippen molar-refractivity contribution in [1.29, 1.82) is 0 Å². The van der Waals surface area contributed by atoms with Gasteiger partial charge in [-0.2, -0.15) is 0 Å². The molecule has 5 rings (SSSR count). The van der Waals surface area contributed by atoms with Crippen molar-refractivity contribution in [2.75, 3.05) is 0 Å². The van der Waals surface area contributed by atoms with Crippen LogP contribution in [0.15, 0.2) is 125 Å². The summed E-state index contributed by atoms with van der Waals surface area (Å²) >= 11 is 4.90. The summed E-state index contributed by atoms with van der Waals surface area (Å²) in [5.74, 6) is 0. The standard InChI is InChI=1S/C28H20Si.2Li/c1-5-13-22(14-6-1)26-21-29(25-19-11-4-12-20-25)28(24-17-9-3-10-18-24)27(26)23-15-7-2-8-16-23;;/h1-20H;;. The number of hydrogen-bond acceptors (Lipinski definition) is 0. The summed E-state index contributed by atoms with van der Waals surface area (Å²) in [5.41, 5.74) is 6.74. The first-order valence-electron chi connectivity index (χ1n) is 10.9. The molecule has 4 aromatic carbocycles. The molecule has 1 atom stereocenters. The molecule has 0 bridgehead atoms. The van der Waals surface area contributed by atoms with Crippen LogP contribution in [0.5, 0.6) is 0 Å². The fourth-order valence-electron chi connectivity index (χ4n) is 5.03. The van der Waals surface area contributed by atoms with Crippen LogP contribution in [-0.4, -0.2) is 41.1 Å². The van der Waals surface area contributed by atoms with Gasteiger partial charge in [-0.15, -0.1) is 0 Å². The summed E-state index contributed by atoms with van der Waals surface area (Å²) in [6, 6.07) is 44.0. The Morgan fingerprint density at radius 2 is 0.839 bits per heavy atom. The summed E-state index contributed by atoms with van der Waals surface area (Å²) in [4.78, 5) is 0. The second-order valence-electron chi connectivity index (χ2n) is 8.34. The molecule has 0 saturated heterocycles. The number of allylic oxidation sites excluding steroid dienone is 2. The maximum atomic E-state index is 2.53. The van der Waals surface area contributed by atoms with Crippen molar-refractivity contribution < 1.29 is 0 Å². The van der Waals surface area contributed by atoms with Crippen LogP contribution in [-0.2, 0) is 0 Å². The Kier molecular flexibility index (Phi) is 5.81. The first-order chi connectivity index (χ1) is 15.2. The summed E-state index contributed by atoms with van der Waals surface area (Å²) in [7, 11) is 0. The monoisotopic (exact) mass is 398 g/mol. The second kappa shape index (κ2) is 8.72.